The molecule has 12 heteroatoms. The van der Waals surface area contributed by atoms with Crippen LogP contribution in [0.5, 0.6) is 0 Å². The van der Waals surface area contributed by atoms with Crippen molar-refractivity contribution in [2.75, 3.05) is 32.7 Å². The Balaban J connectivity index is 1.73. The van der Waals surface area contributed by atoms with Gasteiger partial charge in [0.2, 0.25) is 23.6 Å². The maximum absolute atomic E-state index is 13.9. The van der Waals surface area contributed by atoms with Crippen LogP contribution >= 0.6 is 0 Å². The minimum absolute atomic E-state index is 0.0600. The van der Waals surface area contributed by atoms with E-state index < -0.39 is 41.9 Å². The van der Waals surface area contributed by atoms with E-state index in [-0.39, 0.29) is 24.3 Å². The Bertz CT molecular complexity index is 1300. The number of hydrogen-bond acceptors (Lipinski definition) is 8. The van der Waals surface area contributed by atoms with Gasteiger partial charge in [-0.2, -0.15) is 0 Å². The molecule has 4 amide bonds. The molecule has 0 radical (unpaired) electrons. The zero-order chi connectivity index (χ0) is 36.3. The van der Waals surface area contributed by atoms with E-state index in [1.165, 1.54) is 0 Å². The molecular formula is C38H60N8O4. The van der Waals surface area contributed by atoms with Crippen molar-refractivity contribution in [2.45, 2.75) is 102 Å². The zero-order valence-electron chi connectivity index (χ0n) is 29.9. The van der Waals surface area contributed by atoms with Crippen LogP contribution in [-0.4, -0.2) is 91.5 Å². The van der Waals surface area contributed by atoms with E-state index in [0.717, 1.165) is 43.5 Å². The summed E-state index contributed by atoms with van der Waals surface area (Å²) in [6.45, 7) is 7.29. The highest BCUT2D eigenvalue weighted by Gasteiger charge is 2.33. The Kier molecular flexibility index (Phi) is 17.9. The summed E-state index contributed by atoms with van der Waals surface area (Å²) in [5.41, 5.74) is 19.7. The van der Waals surface area contributed by atoms with Crippen molar-refractivity contribution in [3.8, 4) is 0 Å². The van der Waals surface area contributed by atoms with Crippen molar-refractivity contribution >= 4 is 23.6 Å². The van der Waals surface area contributed by atoms with Crippen LogP contribution < -0.4 is 38.5 Å². The Morgan fingerprint density at radius 1 is 0.740 bits per heavy atom. The van der Waals surface area contributed by atoms with Gasteiger partial charge in [-0.05, 0) is 88.0 Å². The number of hydrogen-bond donors (Lipinski definition) is 7. The summed E-state index contributed by atoms with van der Waals surface area (Å²) in [5.74, 6) is -1.45. The number of nitrogens with zero attached hydrogens (tertiary/aromatic N) is 1. The van der Waals surface area contributed by atoms with Crippen LogP contribution in [-0.2, 0) is 32.0 Å². The van der Waals surface area contributed by atoms with Crippen LogP contribution in [0.3, 0.4) is 0 Å². The molecule has 0 bridgehead atoms. The summed E-state index contributed by atoms with van der Waals surface area (Å²) in [5, 5.41) is 12.1. The number of rotatable bonds is 21. The van der Waals surface area contributed by atoms with Crippen LogP contribution in [0.1, 0.15) is 69.9 Å². The second-order valence-electron chi connectivity index (χ2n) is 13.8. The van der Waals surface area contributed by atoms with Crippen molar-refractivity contribution in [1.29, 1.82) is 0 Å². The van der Waals surface area contributed by atoms with Gasteiger partial charge in [-0.15, -0.1) is 0 Å². The van der Waals surface area contributed by atoms with Gasteiger partial charge in [0.05, 0.1) is 6.04 Å². The van der Waals surface area contributed by atoms with Gasteiger partial charge in [0, 0.05) is 25.6 Å². The van der Waals surface area contributed by atoms with Crippen molar-refractivity contribution in [2.24, 2.45) is 23.1 Å². The highest BCUT2D eigenvalue weighted by molar-refractivity contribution is 5.95. The van der Waals surface area contributed by atoms with Crippen molar-refractivity contribution < 1.29 is 19.2 Å². The minimum Gasteiger partial charge on any atom is -0.343 e. The number of nitrogens with one attached hydrogen (secondary N) is 4. The summed E-state index contributed by atoms with van der Waals surface area (Å²) in [6.07, 6.45) is 5.25. The van der Waals surface area contributed by atoms with E-state index in [4.69, 9.17) is 17.2 Å². The number of benzene rings is 2. The molecule has 4 atom stereocenters. The predicted octanol–water partition coefficient (Wildman–Crippen LogP) is 1.36. The van der Waals surface area contributed by atoms with Crippen LogP contribution in [0, 0.1) is 5.92 Å². The second-order valence-corrected chi connectivity index (χ2v) is 13.8. The third-order valence-electron chi connectivity index (χ3n) is 9.01. The normalized spacial score (nSPS) is 15.9. The Morgan fingerprint density at radius 2 is 1.28 bits per heavy atom. The van der Waals surface area contributed by atoms with E-state index in [0.29, 0.717) is 51.7 Å². The molecule has 2 aromatic carbocycles. The first kappa shape index (κ1) is 40.6. The molecule has 1 heterocycles. The lowest BCUT2D eigenvalue weighted by Gasteiger charge is -2.34. The average Bonchev–Trinajstić information content (AvgIpc) is 3.10. The monoisotopic (exact) mass is 692 g/mol. The maximum Gasteiger partial charge on any atom is 0.245 e. The van der Waals surface area contributed by atoms with E-state index in [9.17, 15) is 19.2 Å². The zero-order valence-corrected chi connectivity index (χ0v) is 29.9. The number of unbranched alkanes of at least 4 members (excludes halogenated alkanes) is 1. The predicted molar refractivity (Wildman–Crippen MR) is 198 cm³/mol. The molecule has 50 heavy (non-hydrogen) atoms. The Labute approximate surface area is 298 Å². The van der Waals surface area contributed by atoms with Crippen LogP contribution in [0.2, 0.25) is 0 Å². The number of nitrogens with two attached hydrogens (primary N) is 3. The van der Waals surface area contributed by atoms with E-state index in [2.05, 4.69) is 21.3 Å². The van der Waals surface area contributed by atoms with Crippen molar-refractivity contribution in [3.05, 3.63) is 71.8 Å². The highest BCUT2D eigenvalue weighted by atomic mass is 16.2. The molecule has 0 spiro atoms. The summed E-state index contributed by atoms with van der Waals surface area (Å²) < 4.78 is 0. The van der Waals surface area contributed by atoms with Gasteiger partial charge in [-0.1, -0.05) is 74.5 Å². The number of likely N-dealkylation sites (tertiary alicyclic amines) is 1. The van der Waals surface area contributed by atoms with Crippen molar-refractivity contribution in [3.63, 3.8) is 0 Å². The number of carbonyl (C=O) groups excluding carboxylic acids is 4. The van der Waals surface area contributed by atoms with Crippen LogP contribution in [0.4, 0.5) is 0 Å². The molecule has 1 aliphatic rings. The first-order chi connectivity index (χ1) is 24.1. The van der Waals surface area contributed by atoms with Gasteiger partial charge in [0.1, 0.15) is 18.1 Å². The van der Waals surface area contributed by atoms with Gasteiger partial charge in [0.15, 0.2) is 0 Å². The van der Waals surface area contributed by atoms with Crippen LogP contribution in [0.15, 0.2) is 60.7 Å². The highest BCUT2D eigenvalue weighted by Crippen LogP contribution is 2.14. The number of amides is 4. The molecule has 1 fully saturated rings. The third kappa shape index (κ3) is 14.6. The molecule has 0 unspecified atom stereocenters. The first-order valence-corrected chi connectivity index (χ1v) is 18.3. The fourth-order valence-electron chi connectivity index (χ4n) is 6.09. The topological polar surface area (TPSA) is 198 Å². The third-order valence-corrected chi connectivity index (χ3v) is 9.01. The van der Waals surface area contributed by atoms with E-state index >= 15 is 0 Å². The molecule has 0 aliphatic carbocycles. The van der Waals surface area contributed by atoms with Crippen LogP contribution in [0.25, 0.3) is 0 Å². The van der Waals surface area contributed by atoms with Gasteiger partial charge in [-0.3, -0.25) is 19.2 Å². The molecular weight excluding hydrogens is 632 g/mol. The van der Waals surface area contributed by atoms with Gasteiger partial charge in [-0.25, -0.2) is 0 Å². The maximum atomic E-state index is 13.9. The molecule has 3 rings (SSSR count). The van der Waals surface area contributed by atoms with Gasteiger partial charge in [0.25, 0.3) is 0 Å². The molecule has 12 nitrogen and oxygen atoms in total. The summed E-state index contributed by atoms with van der Waals surface area (Å²) >= 11 is 0. The fourth-order valence-corrected chi connectivity index (χ4v) is 6.09. The molecule has 10 N–H and O–H groups in total. The molecule has 276 valence electrons. The lowest BCUT2D eigenvalue weighted by atomic mass is 9.99. The Morgan fingerprint density at radius 3 is 1.88 bits per heavy atom. The molecule has 1 aliphatic heterocycles. The summed E-state index contributed by atoms with van der Waals surface area (Å²) in [4.78, 5) is 56.7. The van der Waals surface area contributed by atoms with Gasteiger partial charge >= 0.3 is 0 Å². The van der Waals surface area contributed by atoms with Crippen molar-refractivity contribution in [1.82, 2.24) is 26.2 Å². The molecule has 0 aromatic heterocycles. The minimum atomic E-state index is -0.976. The molecule has 1 saturated heterocycles. The summed E-state index contributed by atoms with van der Waals surface area (Å²) in [7, 11) is 0. The Hall–Kier alpha value is -3.84. The number of carbonyl (C=O) groups is 4. The van der Waals surface area contributed by atoms with Gasteiger partial charge < -0.3 is 43.4 Å². The van der Waals surface area contributed by atoms with E-state index in [1.807, 2.05) is 74.5 Å². The SMILES string of the molecule is CC(C)C[C@@H](NC(=O)[C@@H](Cc1ccccc1)NC(=O)[C@H](N)Cc1ccccc1)C(=O)N[C@H](CCCCNCCCN)C(=O)N1CCC(N)CC1. The second kappa shape index (κ2) is 22.1. The molecule has 0 saturated carbocycles. The lowest BCUT2D eigenvalue weighted by Crippen LogP contribution is -2.59. The average molecular weight is 693 g/mol. The van der Waals surface area contributed by atoms with E-state index in [1.54, 1.807) is 4.90 Å². The number of piperidine rings is 1. The molecule has 2 aromatic rings. The fraction of sp³-hybridized carbons (Fsp3) is 0.579. The largest absolute Gasteiger partial charge is 0.343 e. The quantitative estimate of drug-likeness (QED) is 0.0952. The lowest BCUT2D eigenvalue weighted by molar-refractivity contribution is -0.138. The standard InChI is InChI=1S/C38H60N8O4/c1-27(2)24-33(36(48)43-32(16-9-10-20-42-21-11-19-39)38(50)46-22-17-30(40)18-23-46)45-37(49)34(26-29-14-7-4-8-15-29)44-35(47)31(41)25-28-12-5-3-6-13-28/h3-8,12-15,27,30-34,42H,9-11,16-26,39-41H2,1-2H3,(H,43,48)(H,44,47)(H,45,49)/t31-,32-,33-,34-/m1/s1. The smallest absolute Gasteiger partial charge is 0.245 e. The first-order valence-electron chi connectivity index (χ1n) is 18.3. The summed E-state index contributed by atoms with van der Waals surface area (Å²) in [6, 6.07) is 15.4.